The molecule has 0 bridgehead atoms. The molecule has 1 aromatic carbocycles. The van der Waals surface area contributed by atoms with Crippen LogP contribution in [0.3, 0.4) is 0 Å². The zero-order valence-electron chi connectivity index (χ0n) is 14.2. The molecule has 0 atom stereocenters. The van der Waals surface area contributed by atoms with Crippen molar-refractivity contribution < 1.29 is 17.6 Å². The van der Waals surface area contributed by atoms with Gasteiger partial charge in [-0.05, 0) is 24.3 Å². The number of halogens is 1. The predicted molar refractivity (Wildman–Crippen MR) is 104 cm³/mol. The summed E-state index contributed by atoms with van der Waals surface area (Å²) in [5.41, 5.74) is 0.421. The number of benzene rings is 1. The number of amides is 1. The highest BCUT2D eigenvalue weighted by Crippen LogP contribution is 2.29. The third-order valence-corrected chi connectivity index (χ3v) is 6.20. The van der Waals surface area contributed by atoms with E-state index in [9.17, 15) is 18.5 Å². The summed E-state index contributed by atoms with van der Waals surface area (Å²) in [5.74, 6) is -0.0124. The van der Waals surface area contributed by atoms with Gasteiger partial charge in [0, 0.05) is 17.9 Å². The van der Waals surface area contributed by atoms with E-state index in [-0.39, 0.29) is 20.8 Å². The molecule has 1 N–H and O–H groups in total. The van der Waals surface area contributed by atoms with Gasteiger partial charge in [0.05, 0.1) is 5.02 Å². The smallest absolute Gasteiger partial charge is 0.268 e. The highest BCUT2D eigenvalue weighted by atomic mass is 35.5. The highest BCUT2D eigenvalue weighted by molar-refractivity contribution is 7.92. The molecule has 28 heavy (non-hydrogen) atoms. The van der Waals surface area contributed by atoms with E-state index in [1.165, 1.54) is 6.08 Å². The van der Waals surface area contributed by atoms with Gasteiger partial charge in [0.25, 0.3) is 5.91 Å². The monoisotopic (exact) mass is 434 g/mol. The average molecular weight is 435 g/mol. The Morgan fingerprint density at radius 3 is 2.68 bits per heavy atom. The molecule has 142 valence electrons. The lowest BCUT2D eigenvalue weighted by atomic mass is 10.2. The van der Waals surface area contributed by atoms with Crippen molar-refractivity contribution in [3.8, 4) is 17.4 Å². The van der Waals surface area contributed by atoms with Crippen LogP contribution in [-0.4, -0.2) is 30.8 Å². The minimum atomic E-state index is -3.53. The highest BCUT2D eigenvalue weighted by Gasteiger charge is 2.18. The predicted octanol–water partition coefficient (Wildman–Crippen LogP) is 3.40. The van der Waals surface area contributed by atoms with Gasteiger partial charge in [-0.15, -0.1) is 10.2 Å². The van der Waals surface area contributed by atoms with Crippen LogP contribution in [0.15, 0.2) is 50.7 Å². The topological polar surface area (TPSA) is 126 Å². The summed E-state index contributed by atoms with van der Waals surface area (Å²) >= 11 is 6.82. The fourth-order valence-electron chi connectivity index (χ4n) is 2.10. The summed E-state index contributed by atoms with van der Waals surface area (Å²) in [6.07, 6.45) is 2.24. The number of hydrogen-bond acceptors (Lipinski definition) is 8. The lowest BCUT2D eigenvalue weighted by molar-refractivity contribution is -0.112. The van der Waals surface area contributed by atoms with E-state index in [0.29, 0.717) is 27.7 Å². The lowest BCUT2D eigenvalue weighted by Gasteiger charge is -2.00. The third kappa shape index (κ3) is 4.45. The van der Waals surface area contributed by atoms with Gasteiger partial charge in [-0.1, -0.05) is 35.1 Å². The van der Waals surface area contributed by atoms with E-state index in [0.717, 1.165) is 6.26 Å². The number of sulfone groups is 1. The Kier molecular flexibility index (Phi) is 5.60. The van der Waals surface area contributed by atoms with Crippen LogP contribution in [0.5, 0.6) is 0 Å². The van der Waals surface area contributed by atoms with Crippen molar-refractivity contribution in [2.24, 2.45) is 0 Å². The van der Waals surface area contributed by atoms with Crippen LogP contribution in [-0.2, 0) is 14.6 Å². The Morgan fingerprint density at radius 1 is 1.29 bits per heavy atom. The molecule has 0 aliphatic heterocycles. The molecule has 3 rings (SSSR count). The van der Waals surface area contributed by atoms with E-state index in [2.05, 4.69) is 15.5 Å². The lowest BCUT2D eigenvalue weighted by Crippen LogP contribution is -2.13. The largest absolute Gasteiger partial charge is 0.457 e. The number of rotatable bonds is 5. The van der Waals surface area contributed by atoms with Crippen LogP contribution in [0.4, 0.5) is 5.13 Å². The quantitative estimate of drug-likeness (QED) is 0.370. The standard InChI is InChI=1S/C17H11ClN4O4S2/c1-28(24,25)17-22-21-16(27-17)20-15(23)10(9-19)8-11-6-7-14(26-11)12-4-2-3-5-13(12)18/h2-8H,1H3,(H,20,21,23)/b10-8-. The third-order valence-electron chi connectivity index (χ3n) is 3.36. The number of nitriles is 1. The van der Waals surface area contributed by atoms with Gasteiger partial charge in [0.15, 0.2) is 0 Å². The van der Waals surface area contributed by atoms with Crippen LogP contribution in [0, 0.1) is 11.3 Å². The molecule has 0 unspecified atom stereocenters. The van der Waals surface area contributed by atoms with E-state index in [1.807, 2.05) is 0 Å². The van der Waals surface area contributed by atoms with Crippen molar-refractivity contribution in [3.05, 3.63) is 52.8 Å². The summed E-state index contributed by atoms with van der Waals surface area (Å²) in [5, 5.41) is 19.1. The maximum atomic E-state index is 12.3. The number of furan rings is 1. The molecule has 0 aliphatic rings. The molecular weight excluding hydrogens is 424 g/mol. The van der Waals surface area contributed by atoms with Crippen molar-refractivity contribution in [1.29, 1.82) is 5.26 Å². The maximum Gasteiger partial charge on any atom is 0.268 e. The van der Waals surface area contributed by atoms with Gasteiger partial charge >= 0.3 is 0 Å². The fourth-order valence-corrected chi connectivity index (χ4v) is 3.83. The van der Waals surface area contributed by atoms with E-state index >= 15 is 0 Å². The number of carbonyl (C=O) groups excluding carboxylic acids is 1. The summed E-state index contributed by atoms with van der Waals surface area (Å²) < 4.78 is 28.2. The second-order valence-corrected chi connectivity index (χ2v) is 9.03. The van der Waals surface area contributed by atoms with Crippen molar-refractivity contribution in [1.82, 2.24) is 10.2 Å². The summed E-state index contributed by atoms with van der Waals surface area (Å²) in [6.45, 7) is 0. The first-order valence-electron chi connectivity index (χ1n) is 7.59. The molecule has 0 fully saturated rings. The van der Waals surface area contributed by atoms with Crippen LogP contribution in [0.2, 0.25) is 5.02 Å². The number of nitrogens with zero attached hydrogens (tertiary/aromatic N) is 3. The Labute approximate surface area is 169 Å². The normalized spacial score (nSPS) is 11.8. The molecule has 0 spiro atoms. The van der Waals surface area contributed by atoms with Crippen LogP contribution in [0.25, 0.3) is 17.4 Å². The molecule has 2 aromatic heterocycles. The fraction of sp³-hybridized carbons (Fsp3) is 0.0588. The Balaban J connectivity index is 1.81. The molecule has 0 aliphatic carbocycles. The minimum Gasteiger partial charge on any atom is -0.457 e. The van der Waals surface area contributed by atoms with Crippen LogP contribution >= 0.6 is 22.9 Å². The Bertz CT molecular complexity index is 1220. The van der Waals surface area contributed by atoms with Crippen molar-refractivity contribution in [3.63, 3.8) is 0 Å². The summed E-state index contributed by atoms with van der Waals surface area (Å²) in [6, 6.07) is 12.1. The second-order valence-electron chi connectivity index (χ2n) is 5.45. The van der Waals surface area contributed by atoms with Gasteiger partial charge in [-0.25, -0.2) is 8.42 Å². The van der Waals surface area contributed by atoms with Gasteiger partial charge in [-0.3, -0.25) is 10.1 Å². The first-order valence-corrected chi connectivity index (χ1v) is 10.7. The molecular formula is C17H11ClN4O4S2. The SMILES string of the molecule is CS(=O)(=O)c1nnc(NC(=O)/C(C#N)=C\c2ccc(-c3ccccc3Cl)o2)s1. The minimum absolute atomic E-state index is 0.0391. The molecule has 11 heteroatoms. The zero-order chi connectivity index (χ0) is 20.3. The maximum absolute atomic E-state index is 12.3. The average Bonchev–Trinajstić information content (AvgIpc) is 3.29. The first kappa shape index (κ1) is 19.8. The van der Waals surface area contributed by atoms with Crippen LogP contribution < -0.4 is 5.32 Å². The number of carbonyl (C=O) groups is 1. The Morgan fingerprint density at radius 2 is 2.04 bits per heavy atom. The van der Waals surface area contributed by atoms with Crippen molar-refractivity contribution >= 4 is 49.9 Å². The molecule has 0 saturated heterocycles. The van der Waals surface area contributed by atoms with Gasteiger partial charge in [0.1, 0.15) is 23.2 Å². The molecule has 1 amide bonds. The number of hydrogen-bond donors (Lipinski definition) is 1. The summed E-state index contributed by atoms with van der Waals surface area (Å²) in [4.78, 5) is 12.3. The first-order chi connectivity index (χ1) is 13.3. The molecule has 0 saturated carbocycles. The van der Waals surface area contributed by atoms with Gasteiger partial charge in [0.2, 0.25) is 19.3 Å². The van der Waals surface area contributed by atoms with Crippen LogP contribution in [0.1, 0.15) is 5.76 Å². The van der Waals surface area contributed by atoms with E-state index < -0.39 is 15.7 Å². The summed E-state index contributed by atoms with van der Waals surface area (Å²) in [7, 11) is -3.53. The number of anilines is 1. The molecule has 2 heterocycles. The number of aromatic nitrogens is 2. The second kappa shape index (κ2) is 7.93. The van der Waals surface area contributed by atoms with E-state index in [1.54, 1.807) is 42.5 Å². The van der Waals surface area contributed by atoms with E-state index in [4.69, 9.17) is 16.0 Å². The zero-order valence-corrected chi connectivity index (χ0v) is 16.6. The van der Waals surface area contributed by atoms with Gasteiger partial charge in [-0.2, -0.15) is 5.26 Å². The molecule has 3 aromatic rings. The van der Waals surface area contributed by atoms with Gasteiger partial charge < -0.3 is 4.42 Å². The number of nitrogens with one attached hydrogen (secondary N) is 1. The van der Waals surface area contributed by atoms with Crippen molar-refractivity contribution in [2.75, 3.05) is 11.6 Å². The Hall–Kier alpha value is -3.00. The molecule has 0 radical (unpaired) electrons. The van der Waals surface area contributed by atoms with Crippen molar-refractivity contribution in [2.45, 2.75) is 4.34 Å². The molecule has 8 nitrogen and oxygen atoms in total.